The van der Waals surface area contributed by atoms with E-state index in [1.807, 2.05) is 36.1 Å². The number of likely N-dealkylation sites (tertiary alicyclic amines) is 1. The van der Waals surface area contributed by atoms with Gasteiger partial charge in [-0.1, -0.05) is 12.1 Å². The fourth-order valence-corrected chi connectivity index (χ4v) is 3.27. The molecule has 0 unspecified atom stereocenters. The summed E-state index contributed by atoms with van der Waals surface area (Å²) in [5, 5.41) is 12.6. The normalized spacial score (nSPS) is 17.2. The van der Waals surface area contributed by atoms with Gasteiger partial charge < -0.3 is 20.3 Å². The molecule has 1 aromatic carbocycles. The number of aromatic nitrogens is 2. The van der Waals surface area contributed by atoms with Crippen molar-refractivity contribution in [2.45, 2.75) is 38.7 Å². The summed E-state index contributed by atoms with van der Waals surface area (Å²) in [4.78, 5) is 21.8. The minimum atomic E-state index is -0.279. The second-order valence-corrected chi connectivity index (χ2v) is 6.60. The van der Waals surface area contributed by atoms with Crippen LogP contribution >= 0.6 is 0 Å². The Morgan fingerprint density at radius 3 is 2.88 bits per heavy atom. The number of urea groups is 1. The van der Waals surface area contributed by atoms with Crippen LogP contribution in [-0.2, 0) is 6.42 Å². The molecule has 2 amide bonds. The largest absolute Gasteiger partial charge is 0.393 e. The molecule has 3 N–H and O–H groups in total. The van der Waals surface area contributed by atoms with Crippen molar-refractivity contribution >= 4 is 17.1 Å². The van der Waals surface area contributed by atoms with Gasteiger partial charge in [0.1, 0.15) is 5.82 Å². The Kier molecular flexibility index (Phi) is 5.35. The van der Waals surface area contributed by atoms with E-state index in [9.17, 15) is 9.90 Å². The van der Waals surface area contributed by atoms with Crippen LogP contribution in [0.4, 0.5) is 4.79 Å². The quantitative estimate of drug-likeness (QED) is 0.736. The molecule has 1 aromatic heterocycles. The summed E-state index contributed by atoms with van der Waals surface area (Å²) >= 11 is 0. The molecule has 0 bridgehead atoms. The zero-order chi connectivity index (χ0) is 16.9. The Balaban J connectivity index is 1.38. The Bertz CT molecular complexity index is 641. The van der Waals surface area contributed by atoms with E-state index >= 15 is 0 Å². The van der Waals surface area contributed by atoms with Crippen molar-refractivity contribution in [1.82, 2.24) is 20.2 Å². The number of H-pyrrole nitrogens is 1. The van der Waals surface area contributed by atoms with Crippen LogP contribution in [0.3, 0.4) is 0 Å². The van der Waals surface area contributed by atoms with Crippen molar-refractivity contribution in [2.24, 2.45) is 5.92 Å². The number of rotatable bonds is 5. The van der Waals surface area contributed by atoms with Gasteiger partial charge in [0.05, 0.1) is 17.1 Å². The molecular formula is C18H26N4O2. The van der Waals surface area contributed by atoms with Crippen molar-refractivity contribution in [3.8, 4) is 0 Å². The Labute approximate surface area is 142 Å². The molecule has 0 spiro atoms. The maximum atomic E-state index is 12.2. The molecule has 0 aliphatic carbocycles. The molecule has 6 nitrogen and oxygen atoms in total. The number of nitrogens with zero attached hydrogens (tertiary/aromatic N) is 2. The van der Waals surface area contributed by atoms with Gasteiger partial charge in [-0.05, 0) is 44.2 Å². The lowest BCUT2D eigenvalue weighted by Gasteiger charge is -2.33. The second-order valence-electron chi connectivity index (χ2n) is 6.60. The van der Waals surface area contributed by atoms with Gasteiger partial charge in [0, 0.05) is 26.1 Å². The van der Waals surface area contributed by atoms with Gasteiger partial charge in [-0.2, -0.15) is 0 Å². The summed E-state index contributed by atoms with van der Waals surface area (Å²) in [6.45, 7) is 3.93. The minimum Gasteiger partial charge on any atom is -0.393 e. The van der Waals surface area contributed by atoms with Crippen molar-refractivity contribution in [2.75, 3.05) is 19.6 Å². The Morgan fingerprint density at radius 2 is 2.17 bits per heavy atom. The van der Waals surface area contributed by atoms with Gasteiger partial charge in [-0.25, -0.2) is 9.78 Å². The number of carbonyl (C=O) groups is 1. The number of benzene rings is 1. The topological polar surface area (TPSA) is 81.2 Å². The highest BCUT2D eigenvalue weighted by molar-refractivity contribution is 5.75. The van der Waals surface area contributed by atoms with E-state index in [1.165, 1.54) is 0 Å². The molecule has 2 heterocycles. The second kappa shape index (κ2) is 7.66. The number of carbonyl (C=O) groups excluding carboxylic acids is 1. The Hall–Kier alpha value is -2.08. The number of aromatic amines is 1. The molecule has 1 aliphatic heterocycles. The van der Waals surface area contributed by atoms with Gasteiger partial charge in [-0.3, -0.25) is 0 Å². The molecule has 6 heteroatoms. The fourth-order valence-electron chi connectivity index (χ4n) is 3.27. The molecule has 1 atom stereocenters. The van der Waals surface area contributed by atoms with Crippen LogP contribution in [0.5, 0.6) is 0 Å². The maximum Gasteiger partial charge on any atom is 0.317 e. The third-order valence-corrected chi connectivity index (χ3v) is 4.81. The number of imidazole rings is 1. The average molecular weight is 330 g/mol. The number of nitrogens with one attached hydrogen (secondary N) is 2. The van der Waals surface area contributed by atoms with Crippen molar-refractivity contribution in [3.63, 3.8) is 0 Å². The summed E-state index contributed by atoms with van der Waals surface area (Å²) in [5.41, 5.74) is 2.04. The first-order chi connectivity index (χ1) is 11.6. The van der Waals surface area contributed by atoms with E-state index in [1.54, 1.807) is 0 Å². The first-order valence-corrected chi connectivity index (χ1v) is 8.78. The van der Waals surface area contributed by atoms with E-state index in [-0.39, 0.29) is 12.1 Å². The van der Waals surface area contributed by atoms with E-state index in [2.05, 4.69) is 15.3 Å². The molecule has 2 aromatic rings. The van der Waals surface area contributed by atoms with E-state index < -0.39 is 0 Å². The SMILES string of the molecule is C[C@@H](O)C1CCN(C(=O)NCCCc2nc3ccccc3[nH]2)CC1. The van der Waals surface area contributed by atoms with Gasteiger partial charge in [0.25, 0.3) is 0 Å². The predicted octanol–water partition coefficient (Wildman–Crippen LogP) is 2.30. The lowest BCUT2D eigenvalue weighted by Crippen LogP contribution is -2.46. The summed E-state index contributed by atoms with van der Waals surface area (Å²) in [7, 11) is 0. The molecule has 24 heavy (non-hydrogen) atoms. The zero-order valence-corrected chi connectivity index (χ0v) is 14.2. The highest BCUT2D eigenvalue weighted by Crippen LogP contribution is 2.20. The molecule has 0 saturated carbocycles. The zero-order valence-electron chi connectivity index (χ0n) is 14.2. The highest BCUT2D eigenvalue weighted by atomic mass is 16.3. The molecule has 0 radical (unpaired) electrons. The third kappa shape index (κ3) is 4.06. The van der Waals surface area contributed by atoms with Crippen LogP contribution < -0.4 is 5.32 Å². The number of fused-ring (bicyclic) bond motifs is 1. The van der Waals surface area contributed by atoms with Gasteiger partial charge in [0.2, 0.25) is 0 Å². The Morgan fingerprint density at radius 1 is 1.42 bits per heavy atom. The molecule has 1 fully saturated rings. The number of aliphatic hydroxyl groups excluding tert-OH is 1. The fraction of sp³-hybridized carbons (Fsp3) is 0.556. The van der Waals surface area contributed by atoms with Crippen LogP contribution in [0, 0.1) is 5.92 Å². The van der Waals surface area contributed by atoms with E-state index in [0.717, 1.165) is 55.6 Å². The van der Waals surface area contributed by atoms with Crippen molar-refractivity contribution in [1.29, 1.82) is 0 Å². The maximum absolute atomic E-state index is 12.2. The first-order valence-electron chi connectivity index (χ1n) is 8.78. The van der Waals surface area contributed by atoms with Crippen LogP contribution in [0.25, 0.3) is 11.0 Å². The number of para-hydroxylation sites is 2. The van der Waals surface area contributed by atoms with Crippen LogP contribution in [0.1, 0.15) is 32.0 Å². The monoisotopic (exact) mass is 330 g/mol. The molecule has 1 aliphatic rings. The van der Waals surface area contributed by atoms with Crippen molar-refractivity contribution in [3.05, 3.63) is 30.1 Å². The number of aryl methyl sites for hydroxylation is 1. The molecule has 3 rings (SSSR count). The number of hydrogen-bond acceptors (Lipinski definition) is 3. The molecular weight excluding hydrogens is 304 g/mol. The van der Waals surface area contributed by atoms with Crippen LogP contribution in [0.15, 0.2) is 24.3 Å². The van der Waals surface area contributed by atoms with E-state index in [4.69, 9.17) is 0 Å². The standard InChI is InChI=1S/C18H26N4O2/c1-13(23)14-8-11-22(12-9-14)18(24)19-10-4-7-17-20-15-5-2-3-6-16(15)21-17/h2-3,5-6,13-14,23H,4,7-12H2,1H3,(H,19,24)(H,20,21)/t13-/m1/s1. The van der Waals surface area contributed by atoms with Gasteiger partial charge in [0.15, 0.2) is 0 Å². The number of piperidine rings is 1. The summed E-state index contributed by atoms with van der Waals surface area (Å²) in [6.07, 6.45) is 3.15. The lowest BCUT2D eigenvalue weighted by molar-refractivity contribution is 0.0798. The number of aliphatic hydroxyl groups is 1. The smallest absolute Gasteiger partial charge is 0.317 e. The van der Waals surface area contributed by atoms with Crippen molar-refractivity contribution < 1.29 is 9.90 Å². The van der Waals surface area contributed by atoms with Gasteiger partial charge >= 0.3 is 6.03 Å². The van der Waals surface area contributed by atoms with Crippen LogP contribution in [0.2, 0.25) is 0 Å². The first kappa shape index (κ1) is 16.8. The number of hydrogen-bond donors (Lipinski definition) is 3. The lowest BCUT2D eigenvalue weighted by atomic mass is 9.92. The highest BCUT2D eigenvalue weighted by Gasteiger charge is 2.25. The molecule has 1 saturated heterocycles. The summed E-state index contributed by atoms with van der Waals surface area (Å²) in [5.74, 6) is 1.28. The predicted molar refractivity (Wildman–Crippen MR) is 93.8 cm³/mol. The van der Waals surface area contributed by atoms with E-state index in [0.29, 0.717) is 12.5 Å². The van der Waals surface area contributed by atoms with Crippen LogP contribution in [-0.4, -0.2) is 51.7 Å². The molecule has 130 valence electrons. The summed E-state index contributed by atoms with van der Waals surface area (Å²) < 4.78 is 0. The average Bonchev–Trinajstić information content (AvgIpc) is 3.01. The number of amides is 2. The van der Waals surface area contributed by atoms with Gasteiger partial charge in [-0.15, -0.1) is 0 Å². The summed E-state index contributed by atoms with van der Waals surface area (Å²) in [6, 6.07) is 7.99. The third-order valence-electron chi connectivity index (χ3n) is 4.81. The minimum absolute atomic E-state index is 0.00338.